The lowest BCUT2D eigenvalue weighted by Crippen LogP contribution is -2.22. The fraction of sp³-hybridized carbons (Fsp3) is 0.500. The highest BCUT2D eigenvalue weighted by Crippen LogP contribution is 2.15. The third kappa shape index (κ3) is 3.61. The van der Waals surface area contributed by atoms with E-state index in [-0.39, 0.29) is 6.04 Å². The zero-order valence-electron chi connectivity index (χ0n) is 11.7. The molecule has 1 N–H and O–H groups in total. The zero-order valence-corrected chi connectivity index (χ0v) is 11.7. The summed E-state index contributed by atoms with van der Waals surface area (Å²) in [6, 6.07) is 6.13. The van der Waals surface area contributed by atoms with Crippen LogP contribution in [0.3, 0.4) is 0 Å². The first kappa shape index (κ1) is 13.7. The maximum absolute atomic E-state index is 4.40. The summed E-state index contributed by atoms with van der Waals surface area (Å²) in [6.07, 6.45) is 4.24. The van der Waals surface area contributed by atoms with Gasteiger partial charge in [0.25, 0.3) is 0 Å². The predicted molar refractivity (Wildman–Crippen MR) is 74.6 cm³/mol. The van der Waals surface area contributed by atoms with Crippen molar-refractivity contribution in [3.8, 4) is 0 Å². The molecule has 0 aromatic carbocycles. The van der Waals surface area contributed by atoms with Crippen LogP contribution in [0.4, 0.5) is 0 Å². The van der Waals surface area contributed by atoms with E-state index in [1.54, 1.807) is 6.33 Å². The molecule has 5 heteroatoms. The molecule has 0 aliphatic heterocycles. The van der Waals surface area contributed by atoms with Crippen molar-refractivity contribution < 1.29 is 0 Å². The second-order valence-electron chi connectivity index (χ2n) is 5.05. The van der Waals surface area contributed by atoms with Crippen LogP contribution in [0.1, 0.15) is 31.4 Å². The van der Waals surface area contributed by atoms with Crippen LogP contribution < -0.4 is 5.32 Å². The minimum Gasteiger partial charge on any atom is -0.311 e. The molecule has 0 bridgehead atoms. The van der Waals surface area contributed by atoms with Crippen LogP contribution in [-0.4, -0.2) is 26.8 Å². The Morgan fingerprint density at radius 2 is 2.11 bits per heavy atom. The van der Waals surface area contributed by atoms with Gasteiger partial charge in [0.05, 0.1) is 11.7 Å². The highest BCUT2D eigenvalue weighted by atomic mass is 15.3. The van der Waals surface area contributed by atoms with E-state index in [1.165, 1.54) is 0 Å². The Morgan fingerprint density at radius 1 is 1.26 bits per heavy atom. The first-order valence-electron chi connectivity index (χ1n) is 6.65. The van der Waals surface area contributed by atoms with Crippen LogP contribution in [0.25, 0.3) is 0 Å². The second-order valence-corrected chi connectivity index (χ2v) is 5.05. The average molecular weight is 259 g/mol. The summed E-state index contributed by atoms with van der Waals surface area (Å²) in [6.45, 7) is 5.26. The lowest BCUT2D eigenvalue weighted by atomic mass is 10.1. The van der Waals surface area contributed by atoms with E-state index in [4.69, 9.17) is 0 Å². The smallest absolute Gasteiger partial charge is 0.138 e. The normalized spacial score (nSPS) is 12.8. The maximum Gasteiger partial charge on any atom is 0.138 e. The Balaban J connectivity index is 2.13. The van der Waals surface area contributed by atoms with Gasteiger partial charge in [0, 0.05) is 19.2 Å². The van der Waals surface area contributed by atoms with E-state index in [2.05, 4.69) is 34.2 Å². The largest absolute Gasteiger partial charge is 0.311 e. The van der Waals surface area contributed by atoms with Crippen LogP contribution in [-0.2, 0) is 13.0 Å². The van der Waals surface area contributed by atoms with Crippen molar-refractivity contribution in [3.05, 3.63) is 42.2 Å². The van der Waals surface area contributed by atoms with Crippen molar-refractivity contribution in [1.29, 1.82) is 0 Å². The molecule has 2 aromatic heterocycles. The van der Waals surface area contributed by atoms with Crippen LogP contribution in [0.15, 0.2) is 30.7 Å². The molecule has 102 valence electrons. The molecule has 2 aromatic rings. The van der Waals surface area contributed by atoms with Crippen LogP contribution in [0.2, 0.25) is 0 Å². The highest BCUT2D eigenvalue weighted by molar-refractivity contribution is 5.10. The van der Waals surface area contributed by atoms with Crippen molar-refractivity contribution in [2.24, 2.45) is 5.92 Å². The molecule has 5 nitrogen and oxygen atoms in total. The molecular weight excluding hydrogens is 238 g/mol. The van der Waals surface area contributed by atoms with E-state index in [0.29, 0.717) is 5.92 Å². The summed E-state index contributed by atoms with van der Waals surface area (Å²) < 4.78 is 1.98. The van der Waals surface area contributed by atoms with Gasteiger partial charge in [0.2, 0.25) is 0 Å². The molecule has 2 heterocycles. The third-order valence-electron chi connectivity index (χ3n) is 3.01. The highest BCUT2D eigenvalue weighted by Gasteiger charge is 2.15. The molecule has 1 unspecified atom stereocenters. The Bertz CT molecular complexity index is 492. The number of likely N-dealkylation sites (N-methyl/N-ethyl adjacent to an activating group) is 1. The van der Waals surface area contributed by atoms with Gasteiger partial charge < -0.3 is 5.32 Å². The fourth-order valence-corrected chi connectivity index (χ4v) is 2.06. The number of nitrogens with one attached hydrogen (secondary N) is 1. The number of nitrogens with zero attached hydrogens (tertiary/aromatic N) is 4. The summed E-state index contributed by atoms with van der Waals surface area (Å²) in [5.41, 5.74) is 1.03. The van der Waals surface area contributed by atoms with Gasteiger partial charge in [0.15, 0.2) is 0 Å². The SMILES string of the molecule is CNC(Cc1ncnn1CC(C)C)c1ccccn1. The summed E-state index contributed by atoms with van der Waals surface area (Å²) in [4.78, 5) is 8.77. The topological polar surface area (TPSA) is 55.6 Å². The molecule has 0 saturated heterocycles. The number of hydrogen-bond acceptors (Lipinski definition) is 4. The van der Waals surface area contributed by atoms with Crippen molar-refractivity contribution >= 4 is 0 Å². The lowest BCUT2D eigenvalue weighted by molar-refractivity contribution is 0.449. The Morgan fingerprint density at radius 3 is 2.74 bits per heavy atom. The van der Waals surface area contributed by atoms with E-state index in [1.807, 2.05) is 36.1 Å². The van der Waals surface area contributed by atoms with Crippen molar-refractivity contribution in [2.45, 2.75) is 32.9 Å². The fourth-order valence-electron chi connectivity index (χ4n) is 2.06. The molecule has 0 aliphatic carbocycles. The first-order chi connectivity index (χ1) is 9.20. The Hall–Kier alpha value is -1.75. The van der Waals surface area contributed by atoms with Gasteiger partial charge in [-0.2, -0.15) is 5.10 Å². The van der Waals surface area contributed by atoms with Gasteiger partial charge in [-0.3, -0.25) is 4.98 Å². The lowest BCUT2D eigenvalue weighted by Gasteiger charge is -2.16. The van der Waals surface area contributed by atoms with Crippen LogP contribution in [0, 0.1) is 5.92 Å². The number of aromatic nitrogens is 4. The molecular formula is C14H21N5. The Kier molecular flexibility index (Phi) is 4.63. The quantitative estimate of drug-likeness (QED) is 0.860. The standard InChI is InChI=1S/C14H21N5/c1-11(2)9-19-14(17-10-18-19)8-13(15-3)12-6-4-5-7-16-12/h4-7,10-11,13,15H,8-9H2,1-3H3. The molecule has 0 amide bonds. The van der Waals surface area contributed by atoms with Crippen LogP contribution >= 0.6 is 0 Å². The molecule has 19 heavy (non-hydrogen) atoms. The molecule has 1 atom stereocenters. The van der Waals surface area contributed by atoms with E-state index < -0.39 is 0 Å². The minimum atomic E-state index is 0.163. The van der Waals surface area contributed by atoms with Crippen molar-refractivity contribution in [1.82, 2.24) is 25.1 Å². The Labute approximate surface area is 114 Å². The van der Waals surface area contributed by atoms with Crippen molar-refractivity contribution in [2.75, 3.05) is 7.05 Å². The predicted octanol–water partition coefficient (Wildman–Crippen LogP) is 1.83. The molecule has 0 aliphatic rings. The minimum absolute atomic E-state index is 0.163. The van der Waals surface area contributed by atoms with Crippen LogP contribution in [0.5, 0.6) is 0 Å². The summed E-state index contributed by atoms with van der Waals surface area (Å²) in [5.74, 6) is 1.56. The number of hydrogen-bond donors (Lipinski definition) is 1. The molecule has 0 fully saturated rings. The second kappa shape index (κ2) is 6.43. The van der Waals surface area contributed by atoms with E-state index in [0.717, 1.165) is 24.5 Å². The molecule has 0 saturated carbocycles. The van der Waals surface area contributed by atoms with Crippen molar-refractivity contribution in [3.63, 3.8) is 0 Å². The van der Waals surface area contributed by atoms with E-state index >= 15 is 0 Å². The zero-order chi connectivity index (χ0) is 13.7. The van der Waals surface area contributed by atoms with Gasteiger partial charge in [-0.15, -0.1) is 0 Å². The van der Waals surface area contributed by atoms with Gasteiger partial charge in [-0.05, 0) is 25.1 Å². The van der Waals surface area contributed by atoms with Gasteiger partial charge in [-0.25, -0.2) is 9.67 Å². The van der Waals surface area contributed by atoms with Gasteiger partial charge in [0.1, 0.15) is 12.2 Å². The number of pyridine rings is 1. The van der Waals surface area contributed by atoms with Gasteiger partial charge >= 0.3 is 0 Å². The molecule has 2 rings (SSSR count). The summed E-state index contributed by atoms with van der Waals surface area (Å²) >= 11 is 0. The molecule has 0 radical (unpaired) electrons. The average Bonchev–Trinajstić information content (AvgIpc) is 2.83. The van der Waals surface area contributed by atoms with Gasteiger partial charge in [-0.1, -0.05) is 19.9 Å². The van der Waals surface area contributed by atoms with E-state index in [9.17, 15) is 0 Å². The molecule has 0 spiro atoms. The summed E-state index contributed by atoms with van der Waals surface area (Å²) in [7, 11) is 1.95. The monoisotopic (exact) mass is 259 g/mol. The summed E-state index contributed by atoms with van der Waals surface area (Å²) in [5, 5.41) is 7.59. The first-order valence-corrected chi connectivity index (χ1v) is 6.65. The maximum atomic E-state index is 4.40. The number of rotatable bonds is 6. The third-order valence-corrected chi connectivity index (χ3v) is 3.01.